The van der Waals surface area contributed by atoms with Crippen LogP contribution >= 0.6 is 11.8 Å². The van der Waals surface area contributed by atoms with Gasteiger partial charge in [0.1, 0.15) is 5.82 Å². The van der Waals surface area contributed by atoms with E-state index in [1.165, 1.54) is 31.7 Å². The van der Waals surface area contributed by atoms with Gasteiger partial charge in [0, 0.05) is 16.2 Å². The molecule has 1 atom stereocenters. The van der Waals surface area contributed by atoms with Crippen LogP contribution in [0.1, 0.15) is 44.2 Å². The van der Waals surface area contributed by atoms with Crippen molar-refractivity contribution in [3.05, 3.63) is 29.6 Å². The highest BCUT2D eigenvalue weighted by Gasteiger charge is 2.20. The Balaban J connectivity index is 2.23. The lowest BCUT2D eigenvalue weighted by molar-refractivity contribution is 0.590. The number of halogens is 1. The maximum Gasteiger partial charge on any atom is 0.137 e. The van der Waals surface area contributed by atoms with Crippen LogP contribution in [0.5, 0.6) is 0 Å². The molecule has 2 rings (SSSR count). The third-order valence-electron chi connectivity index (χ3n) is 3.07. The van der Waals surface area contributed by atoms with E-state index in [9.17, 15) is 4.39 Å². The Morgan fingerprint density at radius 1 is 1.38 bits per heavy atom. The Morgan fingerprint density at radius 2 is 2.06 bits per heavy atom. The van der Waals surface area contributed by atoms with E-state index in [1.807, 2.05) is 13.0 Å². The Hall–Kier alpha value is -0.540. The zero-order chi connectivity index (χ0) is 11.5. The molecule has 0 unspecified atom stereocenters. The number of thioether (sulfide) groups is 1. The summed E-state index contributed by atoms with van der Waals surface area (Å²) in [7, 11) is 0. The first kappa shape index (κ1) is 11.9. The molecule has 2 N–H and O–H groups in total. The van der Waals surface area contributed by atoms with E-state index >= 15 is 0 Å². The van der Waals surface area contributed by atoms with Gasteiger partial charge in [-0.1, -0.05) is 25.0 Å². The van der Waals surface area contributed by atoms with Gasteiger partial charge in [-0.25, -0.2) is 4.39 Å². The van der Waals surface area contributed by atoms with Gasteiger partial charge in [0.2, 0.25) is 0 Å². The molecule has 1 aliphatic rings. The molecule has 0 amide bonds. The lowest BCUT2D eigenvalue weighted by atomic mass is 10.1. The number of benzene rings is 1. The van der Waals surface area contributed by atoms with Crippen molar-refractivity contribution in [3.8, 4) is 0 Å². The average Bonchev–Trinajstić information content (AvgIpc) is 2.73. The van der Waals surface area contributed by atoms with E-state index in [2.05, 4.69) is 0 Å². The van der Waals surface area contributed by atoms with Crippen molar-refractivity contribution in [1.82, 2.24) is 0 Å². The number of hydrogen-bond donors (Lipinski definition) is 1. The third kappa shape index (κ3) is 2.58. The van der Waals surface area contributed by atoms with Crippen molar-refractivity contribution in [2.24, 2.45) is 5.73 Å². The van der Waals surface area contributed by atoms with Crippen molar-refractivity contribution in [1.29, 1.82) is 0 Å². The zero-order valence-electron chi connectivity index (χ0n) is 9.58. The summed E-state index contributed by atoms with van der Waals surface area (Å²) in [6.45, 7) is 1.91. The summed E-state index contributed by atoms with van der Waals surface area (Å²) >= 11 is 1.68. The van der Waals surface area contributed by atoms with E-state index in [1.54, 1.807) is 17.8 Å². The van der Waals surface area contributed by atoms with E-state index in [4.69, 9.17) is 5.73 Å². The van der Waals surface area contributed by atoms with Gasteiger partial charge in [0.25, 0.3) is 0 Å². The second-order valence-corrected chi connectivity index (χ2v) is 5.78. The second kappa shape index (κ2) is 5.19. The highest BCUT2D eigenvalue weighted by Crippen LogP contribution is 2.38. The van der Waals surface area contributed by atoms with Crippen LogP contribution < -0.4 is 5.73 Å². The molecule has 0 spiro atoms. The monoisotopic (exact) mass is 239 g/mol. The van der Waals surface area contributed by atoms with E-state index in [0.29, 0.717) is 5.25 Å². The van der Waals surface area contributed by atoms with Crippen LogP contribution in [-0.2, 0) is 0 Å². The molecule has 88 valence electrons. The highest BCUT2D eigenvalue weighted by molar-refractivity contribution is 8.00. The molecule has 0 saturated heterocycles. The minimum atomic E-state index is -0.119. The van der Waals surface area contributed by atoms with Crippen LogP contribution in [-0.4, -0.2) is 5.25 Å². The first-order chi connectivity index (χ1) is 7.68. The second-order valence-electron chi connectivity index (χ2n) is 4.47. The van der Waals surface area contributed by atoms with Crippen molar-refractivity contribution >= 4 is 11.8 Å². The van der Waals surface area contributed by atoms with Gasteiger partial charge in [-0.05, 0) is 31.4 Å². The molecule has 0 aromatic heterocycles. The molecule has 0 aliphatic heterocycles. The summed E-state index contributed by atoms with van der Waals surface area (Å²) in [6, 6.07) is 5.11. The molecule has 1 fully saturated rings. The molecule has 16 heavy (non-hydrogen) atoms. The van der Waals surface area contributed by atoms with Gasteiger partial charge < -0.3 is 5.73 Å². The highest BCUT2D eigenvalue weighted by atomic mass is 32.2. The van der Waals surface area contributed by atoms with E-state index in [-0.39, 0.29) is 11.9 Å². The van der Waals surface area contributed by atoms with Crippen LogP contribution in [0.2, 0.25) is 0 Å². The van der Waals surface area contributed by atoms with Crippen molar-refractivity contribution in [3.63, 3.8) is 0 Å². The molecule has 1 aromatic rings. The number of rotatable bonds is 3. The van der Waals surface area contributed by atoms with Crippen LogP contribution in [0.25, 0.3) is 0 Å². The fourth-order valence-electron chi connectivity index (χ4n) is 2.18. The molecular weight excluding hydrogens is 221 g/mol. The minimum absolute atomic E-state index is 0.0976. The fraction of sp³-hybridized carbons (Fsp3) is 0.538. The van der Waals surface area contributed by atoms with Gasteiger partial charge in [-0.3, -0.25) is 0 Å². The molecule has 1 nitrogen and oxygen atoms in total. The topological polar surface area (TPSA) is 26.0 Å². The summed E-state index contributed by atoms with van der Waals surface area (Å²) in [5.41, 5.74) is 6.82. The smallest absolute Gasteiger partial charge is 0.137 e. The molecule has 0 radical (unpaired) electrons. The normalized spacial score (nSPS) is 18.9. The lowest BCUT2D eigenvalue weighted by Crippen LogP contribution is -2.08. The Bertz CT molecular complexity index is 359. The Kier molecular flexibility index (Phi) is 3.87. The molecule has 1 saturated carbocycles. The number of nitrogens with two attached hydrogens (primary N) is 1. The molecule has 0 bridgehead atoms. The van der Waals surface area contributed by atoms with Gasteiger partial charge in [0.05, 0.1) is 0 Å². The van der Waals surface area contributed by atoms with Crippen LogP contribution in [0, 0.1) is 5.82 Å². The third-order valence-corrected chi connectivity index (χ3v) is 4.55. The van der Waals surface area contributed by atoms with Crippen LogP contribution in [0.4, 0.5) is 4.39 Å². The van der Waals surface area contributed by atoms with Gasteiger partial charge in [0.15, 0.2) is 0 Å². The maximum atomic E-state index is 13.8. The average molecular weight is 239 g/mol. The standard InChI is InChI=1S/C13H18FNS/c1-9(15)11-7-4-8-12(14)13(11)16-10-5-2-3-6-10/h4,7-10H,2-3,5-6,15H2,1H3/t9-/m1/s1. The van der Waals surface area contributed by atoms with E-state index < -0.39 is 0 Å². The van der Waals surface area contributed by atoms with Gasteiger partial charge in [-0.15, -0.1) is 11.8 Å². The summed E-state index contributed by atoms with van der Waals surface area (Å²) in [5, 5.41) is 0.578. The Morgan fingerprint density at radius 3 is 2.69 bits per heavy atom. The molecule has 3 heteroatoms. The summed E-state index contributed by atoms with van der Waals surface area (Å²) < 4.78 is 13.8. The predicted octanol–water partition coefficient (Wildman–Crippen LogP) is 3.88. The predicted molar refractivity (Wildman–Crippen MR) is 67.1 cm³/mol. The van der Waals surface area contributed by atoms with Crippen molar-refractivity contribution in [2.75, 3.05) is 0 Å². The first-order valence-electron chi connectivity index (χ1n) is 5.89. The molecule has 0 heterocycles. The summed E-state index contributed by atoms with van der Waals surface area (Å²) in [4.78, 5) is 0.768. The SMILES string of the molecule is C[C@@H](N)c1cccc(F)c1SC1CCCC1. The lowest BCUT2D eigenvalue weighted by Gasteiger charge is -2.16. The van der Waals surface area contributed by atoms with Crippen molar-refractivity contribution in [2.45, 2.75) is 48.8 Å². The number of hydrogen-bond acceptors (Lipinski definition) is 2. The zero-order valence-corrected chi connectivity index (χ0v) is 10.4. The quantitative estimate of drug-likeness (QED) is 0.866. The molecule has 1 aromatic carbocycles. The maximum absolute atomic E-state index is 13.8. The fourth-order valence-corrected chi connectivity index (χ4v) is 3.65. The van der Waals surface area contributed by atoms with Crippen LogP contribution in [0.15, 0.2) is 23.1 Å². The molecule has 1 aliphatic carbocycles. The van der Waals surface area contributed by atoms with E-state index in [0.717, 1.165) is 10.5 Å². The Labute approximate surface area is 101 Å². The largest absolute Gasteiger partial charge is 0.324 e. The van der Waals surface area contributed by atoms with Gasteiger partial charge >= 0.3 is 0 Å². The summed E-state index contributed by atoms with van der Waals surface area (Å²) in [5.74, 6) is -0.119. The minimum Gasteiger partial charge on any atom is -0.324 e. The molecular formula is C13H18FNS. The summed E-state index contributed by atoms with van der Waals surface area (Å²) in [6.07, 6.45) is 4.97. The van der Waals surface area contributed by atoms with Crippen LogP contribution in [0.3, 0.4) is 0 Å². The van der Waals surface area contributed by atoms with Crippen molar-refractivity contribution < 1.29 is 4.39 Å². The first-order valence-corrected chi connectivity index (χ1v) is 6.77. The van der Waals surface area contributed by atoms with Gasteiger partial charge in [-0.2, -0.15) is 0 Å².